The second-order valence-corrected chi connectivity index (χ2v) is 4.08. The highest BCUT2D eigenvalue weighted by molar-refractivity contribution is 7.80. The Bertz CT molecular complexity index is 130. The van der Waals surface area contributed by atoms with Gasteiger partial charge in [0.2, 0.25) is 0 Å². The second kappa shape index (κ2) is 1.54. The van der Waals surface area contributed by atoms with Crippen LogP contribution in [-0.2, 0) is 11.1 Å². The van der Waals surface area contributed by atoms with E-state index in [1.54, 1.807) is 0 Å². The lowest BCUT2D eigenvalue weighted by Crippen LogP contribution is -2.01. The molecule has 0 aromatic rings. The van der Waals surface area contributed by atoms with Gasteiger partial charge in [0.25, 0.3) is 0 Å². The zero-order valence-electron chi connectivity index (χ0n) is 5.05. The predicted molar refractivity (Wildman–Crippen MR) is 33.0 cm³/mol. The SMILES string of the molecule is CC1(C)CC1S(=O)O. The molecule has 1 N–H and O–H groups in total. The molecule has 1 fully saturated rings. The first-order valence-corrected chi connectivity index (χ1v) is 3.81. The number of rotatable bonds is 1. The Hall–Kier alpha value is 0.110. The summed E-state index contributed by atoms with van der Waals surface area (Å²) in [5.74, 6) is 0. The van der Waals surface area contributed by atoms with Crippen LogP contribution in [0.5, 0.6) is 0 Å². The van der Waals surface area contributed by atoms with Gasteiger partial charge in [-0.05, 0) is 11.8 Å². The van der Waals surface area contributed by atoms with E-state index in [1.807, 2.05) is 13.8 Å². The summed E-state index contributed by atoms with van der Waals surface area (Å²) in [6.45, 7) is 4.01. The van der Waals surface area contributed by atoms with Crippen LogP contribution in [0.3, 0.4) is 0 Å². The normalized spacial score (nSPS) is 36.6. The molecule has 0 saturated heterocycles. The van der Waals surface area contributed by atoms with Gasteiger partial charge in [-0.3, -0.25) is 0 Å². The lowest BCUT2D eigenvalue weighted by atomic mass is 10.2. The summed E-state index contributed by atoms with van der Waals surface area (Å²) in [4.78, 5) is 0. The molecule has 8 heavy (non-hydrogen) atoms. The van der Waals surface area contributed by atoms with Crippen LogP contribution in [0.1, 0.15) is 20.3 Å². The van der Waals surface area contributed by atoms with Crippen molar-refractivity contribution in [3.63, 3.8) is 0 Å². The van der Waals surface area contributed by atoms with Crippen LogP contribution in [0.15, 0.2) is 0 Å². The van der Waals surface area contributed by atoms with Crippen molar-refractivity contribution in [3.05, 3.63) is 0 Å². The van der Waals surface area contributed by atoms with Gasteiger partial charge in [-0.25, -0.2) is 4.21 Å². The molecule has 1 saturated carbocycles. The molecular formula is C5H10O2S. The summed E-state index contributed by atoms with van der Waals surface area (Å²) < 4.78 is 18.8. The van der Waals surface area contributed by atoms with Crippen LogP contribution < -0.4 is 0 Å². The Balaban J connectivity index is 2.48. The van der Waals surface area contributed by atoms with Gasteiger partial charge in [0.05, 0.1) is 5.25 Å². The molecule has 0 aliphatic heterocycles. The standard InChI is InChI=1S/C5H10O2S/c1-5(2)3-4(5)8(6)7/h4H,3H2,1-2H3,(H,6,7). The van der Waals surface area contributed by atoms with E-state index in [0.29, 0.717) is 0 Å². The third kappa shape index (κ3) is 0.928. The minimum atomic E-state index is -1.58. The fraction of sp³-hybridized carbons (Fsp3) is 1.00. The minimum Gasteiger partial charge on any atom is -0.306 e. The first-order valence-electron chi connectivity index (χ1n) is 2.64. The average molecular weight is 134 g/mol. The van der Waals surface area contributed by atoms with Crippen LogP contribution in [0.25, 0.3) is 0 Å². The van der Waals surface area contributed by atoms with Gasteiger partial charge in [0.15, 0.2) is 11.1 Å². The van der Waals surface area contributed by atoms with Gasteiger partial charge in [-0.15, -0.1) is 0 Å². The van der Waals surface area contributed by atoms with E-state index in [9.17, 15) is 4.21 Å². The Morgan fingerprint density at radius 2 is 2.12 bits per heavy atom. The summed E-state index contributed by atoms with van der Waals surface area (Å²) in [6.07, 6.45) is 0.899. The van der Waals surface area contributed by atoms with Crippen molar-refractivity contribution in [2.24, 2.45) is 5.41 Å². The highest BCUT2D eigenvalue weighted by Crippen LogP contribution is 2.47. The maximum atomic E-state index is 10.3. The molecule has 0 aromatic carbocycles. The maximum absolute atomic E-state index is 10.3. The molecule has 0 bridgehead atoms. The van der Waals surface area contributed by atoms with E-state index in [-0.39, 0.29) is 10.7 Å². The van der Waals surface area contributed by atoms with Crippen LogP contribution in [0, 0.1) is 5.41 Å². The Labute approximate surface area is 51.6 Å². The van der Waals surface area contributed by atoms with E-state index in [4.69, 9.17) is 4.55 Å². The van der Waals surface area contributed by atoms with Crippen molar-refractivity contribution >= 4 is 11.1 Å². The largest absolute Gasteiger partial charge is 0.306 e. The lowest BCUT2D eigenvalue weighted by molar-refractivity contribution is 0.550. The van der Waals surface area contributed by atoms with Crippen LogP contribution >= 0.6 is 0 Å². The van der Waals surface area contributed by atoms with Crippen LogP contribution in [0.4, 0.5) is 0 Å². The quantitative estimate of drug-likeness (QED) is 0.543. The third-order valence-corrected chi connectivity index (χ3v) is 2.96. The Kier molecular flexibility index (Phi) is 1.20. The molecule has 3 heteroatoms. The molecule has 0 amide bonds. The van der Waals surface area contributed by atoms with Crippen molar-refractivity contribution in [2.75, 3.05) is 0 Å². The molecule has 0 aromatic heterocycles. The number of hydrogen-bond acceptors (Lipinski definition) is 1. The summed E-state index contributed by atoms with van der Waals surface area (Å²) in [7, 11) is 0. The maximum Gasteiger partial charge on any atom is 0.156 e. The molecule has 0 radical (unpaired) electrons. The van der Waals surface area contributed by atoms with Crippen molar-refractivity contribution in [1.82, 2.24) is 0 Å². The molecule has 48 valence electrons. The smallest absolute Gasteiger partial charge is 0.156 e. The fourth-order valence-electron chi connectivity index (χ4n) is 0.763. The van der Waals surface area contributed by atoms with Gasteiger partial charge in [0, 0.05) is 0 Å². The van der Waals surface area contributed by atoms with Gasteiger partial charge in [0.1, 0.15) is 0 Å². The summed E-state index contributed by atoms with van der Waals surface area (Å²) in [6, 6.07) is 0. The summed E-state index contributed by atoms with van der Waals surface area (Å²) >= 11 is -1.58. The third-order valence-electron chi connectivity index (χ3n) is 1.67. The van der Waals surface area contributed by atoms with E-state index in [2.05, 4.69) is 0 Å². The Morgan fingerprint density at radius 1 is 1.75 bits per heavy atom. The molecular weight excluding hydrogens is 124 g/mol. The Morgan fingerprint density at radius 3 is 2.12 bits per heavy atom. The molecule has 0 heterocycles. The van der Waals surface area contributed by atoms with Crippen molar-refractivity contribution < 1.29 is 8.76 Å². The highest BCUT2D eigenvalue weighted by Gasteiger charge is 2.49. The molecule has 1 aliphatic carbocycles. The summed E-state index contributed by atoms with van der Waals surface area (Å²) in [5, 5.41) is 0.0440. The lowest BCUT2D eigenvalue weighted by Gasteiger charge is -1.94. The van der Waals surface area contributed by atoms with Crippen molar-refractivity contribution in [3.8, 4) is 0 Å². The van der Waals surface area contributed by atoms with Crippen molar-refractivity contribution in [1.29, 1.82) is 0 Å². The topological polar surface area (TPSA) is 37.3 Å². The van der Waals surface area contributed by atoms with Gasteiger partial charge >= 0.3 is 0 Å². The van der Waals surface area contributed by atoms with E-state index >= 15 is 0 Å². The molecule has 2 unspecified atom stereocenters. The number of hydrogen-bond donors (Lipinski definition) is 1. The second-order valence-electron chi connectivity index (χ2n) is 2.96. The first-order chi connectivity index (χ1) is 3.54. The van der Waals surface area contributed by atoms with Crippen molar-refractivity contribution in [2.45, 2.75) is 25.5 Å². The molecule has 1 aliphatic rings. The molecule has 1 rings (SSSR count). The first kappa shape index (κ1) is 6.23. The monoisotopic (exact) mass is 134 g/mol. The van der Waals surface area contributed by atoms with E-state index in [1.165, 1.54) is 0 Å². The molecule has 0 spiro atoms. The van der Waals surface area contributed by atoms with Crippen LogP contribution in [-0.4, -0.2) is 14.0 Å². The predicted octanol–water partition coefficient (Wildman–Crippen LogP) is 1.01. The fourth-order valence-corrected chi connectivity index (χ4v) is 1.88. The highest BCUT2D eigenvalue weighted by atomic mass is 32.2. The zero-order valence-corrected chi connectivity index (χ0v) is 5.86. The van der Waals surface area contributed by atoms with E-state index < -0.39 is 11.1 Å². The summed E-state index contributed by atoms with van der Waals surface area (Å²) in [5.41, 5.74) is 0.139. The zero-order chi connectivity index (χ0) is 6.36. The van der Waals surface area contributed by atoms with Gasteiger partial charge in [-0.1, -0.05) is 13.8 Å². The van der Waals surface area contributed by atoms with Gasteiger partial charge in [-0.2, -0.15) is 0 Å². The van der Waals surface area contributed by atoms with E-state index in [0.717, 1.165) is 6.42 Å². The average Bonchev–Trinajstić information content (AvgIpc) is 2.13. The van der Waals surface area contributed by atoms with Crippen LogP contribution in [0.2, 0.25) is 0 Å². The minimum absolute atomic E-state index is 0.0440. The van der Waals surface area contributed by atoms with Gasteiger partial charge < -0.3 is 4.55 Å². The molecule has 2 nitrogen and oxygen atoms in total. The molecule has 2 atom stereocenters.